The van der Waals surface area contributed by atoms with Gasteiger partial charge in [0.2, 0.25) is 5.91 Å². The fraction of sp³-hybridized carbons (Fsp3) is 0.100. The lowest BCUT2D eigenvalue weighted by Crippen LogP contribution is -2.15. The first-order valence-corrected chi connectivity index (χ1v) is 10.4. The van der Waals surface area contributed by atoms with Crippen LogP contribution in [0, 0.1) is 5.82 Å². The van der Waals surface area contributed by atoms with Gasteiger partial charge < -0.3 is 5.32 Å². The summed E-state index contributed by atoms with van der Waals surface area (Å²) in [6.45, 7) is 0. The second-order valence-electron chi connectivity index (χ2n) is 5.97. The Labute approximate surface area is 164 Å². The first kappa shape index (κ1) is 17.8. The molecule has 0 aliphatic rings. The number of thiazole rings is 1. The molecule has 2 aromatic heterocycles. The molecular weight excluding hydrogens is 381 g/mol. The zero-order chi connectivity index (χ0) is 18.8. The van der Waals surface area contributed by atoms with Gasteiger partial charge in [0.05, 0.1) is 12.1 Å². The summed E-state index contributed by atoms with van der Waals surface area (Å²) in [4.78, 5) is 18.9. The Kier molecular flexibility index (Phi) is 4.96. The highest BCUT2D eigenvalue weighted by atomic mass is 32.2. The quantitative estimate of drug-likeness (QED) is 0.476. The summed E-state index contributed by atoms with van der Waals surface area (Å²) < 4.78 is 15.0. The molecule has 0 saturated carbocycles. The van der Waals surface area contributed by atoms with E-state index in [0.717, 1.165) is 32.5 Å². The number of thioether (sulfide) groups is 1. The van der Waals surface area contributed by atoms with Crippen LogP contribution in [0.25, 0.3) is 16.2 Å². The van der Waals surface area contributed by atoms with E-state index in [1.165, 1.54) is 23.5 Å². The number of carbonyl (C=O) groups excluding carboxylic acids is 1. The SMILES string of the molecule is CSc1ccc(NC(=O)Cc2csc3nc(-c4ccc(F)cc4)cn23)cc1. The van der Waals surface area contributed by atoms with Crippen LogP contribution < -0.4 is 5.32 Å². The van der Waals surface area contributed by atoms with Crippen molar-refractivity contribution in [1.82, 2.24) is 9.38 Å². The Morgan fingerprint density at radius 1 is 1.19 bits per heavy atom. The number of amides is 1. The molecular formula is C20H16FN3OS2. The summed E-state index contributed by atoms with van der Waals surface area (Å²) in [5, 5.41) is 4.86. The van der Waals surface area contributed by atoms with Crippen LogP contribution in [0.5, 0.6) is 0 Å². The average molecular weight is 398 g/mol. The van der Waals surface area contributed by atoms with E-state index in [-0.39, 0.29) is 18.1 Å². The number of benzene rings is 2. The first-order chi connectivity index (χ1) is 13.1. The summed E-state index contributed by atoms with van der Waals surface area (Å²) in [5.41, 5.74) is 3.25. The van der Waals surface area contributed by atoms with Crippen LogP contribution in [0.15, 0.2) is 65.0 Å². The lowest BCUT2D eigenvalue weighted by molar-refractivity contribution is -0.115. The van der Waals surface area contributed by atoms with Crippen molar-refractivity contribution in [1.29, 1.82) is 0 Å². The average Bonchev–Trinajstić information content (AvgIpc) is 3.25. The highest BCUT2D eigenvalue weighted by molar-refractivity contribution is 7.98. The van der Waals surface area contributed by atoms with Gasteiger partial charge in [-0.1, -0.05) is 0 Å². The molecule has 4 nitrogen and oxygen atoms in total. The topological polar surface area (TPSA) is 46.4 Å². The van der Waals surface area contributed by atoms with Crippen molar-refractivity contribution >= 4 is 39.7 Å². The lowest BCUT2D eigenvalue weighted by atomic mass is 10.2. The van der Waals surface area contributed by atoms with E-state index < -0.39 is 0 Å². The van der Waals surface area contributed by atoms with Crippen molar-refractivity contribution < 1.29 is 9.18 Å². The summed E-state index contributed by atoms with van der Waals surface area (Å²) in [7, 11) is 0. The lowest BCUT2D eigenvalue weighted by Gasteiger charge is -2.05. The van der Waals surface area contributed by atoms with Crippen LogP contribution in [0.1, 0.15) is 5.69 Å². The number of anilines is 1. The first-order valence-electron chi connectivity index (χ1n) is 8.28. The van der Waals surface area contributed by atoms with Crippen LogP contribution in [-0.2, 0) is 11.2 Å². The molecule has 0 unspecified atom stereocenters. The number of hydrogen-bond donors (Lipinski definition) is 1. The molecule has 7 heteroatoms. The Morgan fingerprint density at radius 3 is 2.63 bits per heavy atom. The van der Waals surface area contributed by atoms with Crippen molar-refractivity contribution in [2.24, 2.45) is 0 Å². The highest BCUT2D eigenvalue weighted by Gasteiger charge is 2.13. The van der Waals surface area contributed by atoms with Gasteiger partial charge in [0.25, 0.3) is 0 Å². The summed E-state index contributed by atoms with van der Waals surface area (Å²) in [6, 6.07) is 14.0. The molecule has 0 saturated heterocycles. The molecule has 0 spiro atoms. The van der Waals surface area contributed by atoms with Crippen molar-refractivity contribution in [2.75, 3.05) is 11.6 Å². The second kappa shape index (κ2) is 7.54. The molecule has 1 N–H and O–H groups in total. The van der Waals surface area contributed by atoms with Crippen LogP contribution in [0.4, 0.5) is 10.1 Å². The third kappa shape index (κ3) is 3.89. The maximum atomic E-state index is 13.1. The Morgan fingerprint density at radius 2 is 1.93 bits per heavy atom. The molecule has 0 radical (unpaired) electrons. The number of rotatable bonds is 5. The van der Waals surface area contributed by atoms with Crippen molar-refractivity contribution in [3.8, 4) is 11.3 Å². The molecule has 27 heavy (non-hydrogen) atoms. The minimum atomic E-state index is -0.275. The van der Waals surface area contributed by atoms with Gasteiger partial charge in [-0.3, -0.25) is 9.20 Å². The number of fused-ring (bicyclic) bond motifs is 1. The van der Waals surface area contributed by atoms with E-state index >= 15 is 0 Å². The maximum Gasteiger partial charge on any atom is 0.230 e. The van der Waals surface area contributed by atoms with E-state index in [2.05, 4.69) is 10.3 Å². The van der Waals surface area contributed by atoms with Crippen LogP contribution in [-0.4, -0.2) is 21.5 Å². The number of imidazole rings is 1. The molecule has 2 heterocycles. The Bertz CT molecular complexity index is 1080. The van der Waals surface area contributed by atoms with Gasteiger partial charge in [-0.15, -0.1) is 23.1 Å². The van der Waals surface area contributed by atoms with Gasteiger partial charge in [-0.25, -0.2) is 9.37 Å². The fourth-order valence-corrected chi connectivity index (χ4v) is 4.04. The number of hydrogen-bond acceptors (Lipinski definition) is 4. The van der Waals surface area contributed by atoms with E-state index in [0.29, 0.717) is 0 Å². The second-order valence-corrected chi connectivity index (χ2v) is 7.68. The zero-order valence-electron chi connectivity index (χ0n) is 14.5. The molecule has 0 aliphatic carbocycles. The molecule has 0 bridgehead atoms. The van der Waals surface area contributed by atoms with Crippen molar-refractivity contribution in [3.05, 3.63) is 71.6 Å². The summed E-state index contributed by atoms with van der Waals surface area (Å²) in [5.74, 6) is -0.355. The van der Waals surface area contributed by atoms with Crippen LogP contribution >= 0.6 is 23.1 Å². The highest BCUT2D eigenvalue weighted by Crippen LogP contribution is 2.24. The van der Waals surface area contributed by atoms with Gasteiger partial charge in [-0.2, -0.15) is 0 Å². The standard InChI is InChI=1S/C20H16FN3OS2/c1-26-17-8-6-15(7-9-17)22-19(25)10-16-12-27-20-23-18(11-24(16)20)13-2-4-14(21)5-3-13/h2-9,11-12H,10H2,1H3,(H,22,25). The van der Waals surface area contributed by atoms with Gasteiger partial charge >= 0.3 is 0 Å². The van der Waals surface area contributed by atoms with Crippen molar-refractivity contribution in [3.63, 3.8) is 0 Å². The molecule has 2 aromatic carbocycles. The van der Waals surface area contributed by atoms with E-state index in [9.17, 15) is 9.18 Å². The van der Waals surface area contributed by atoms with Crippen molar-refractivity contribution in [2.45, 2.75) is 11.3 Å². The molecule has 1 amide bonds. The number of nitrogens with one attached hydrogen (secondary N) is 1. The smallest absolute Gasteiger partial charge is 0.230 e. The Hall–Kier alpha value is -2.64. The van der Waals surface area contributed by atoms with Gasteiger partial charge in [-0.05, 0) is 54.8 Å². The third-order valence-corrected chi connectivity index (χ3v) is 5.77. The molecule has 136 valence electrons. The molecule has 4 aromatic rings. The predicted molar refractivity (Wildman–Crippen MR) is 109 cm³/mol. The number of halogens is 1. The summed E-state index contributed by atoms with van der Waals surface area (Å²) >= 11 is 3.14. The van der Waals surface area contributed by atoms with Gasteiger partial charge in [0.1, 0.15) is 5.82 Å². The largest absolute Gasteiger partial charge is 0.326 e. The number of aromatic nitrogens is 2. The molecule has 0 fully saturated rings. The zero-order valence-corrected chi connectivity index (χ0v) is 16.1. The van der Waals surface area contributed by atoms with E-state index in [1.54, 1.807) is 23.9 Å². The maximum absolute atomic E-state index is 13.1. The van der Waals surface area contributed by atoms with Gasteiger partial charge in [0.15, 0.2) is 4.96 Å². The Balaban J connectivity index is 1.51. The van der Waals surface area contributed by atoms with Gasteiger partial charge in [0, 0.05) is 33.4 Å². The normalized spacial score (nSPS) is 11.0. The molecule has 0 atom stereocenters. The molecule has 4 rings (SSSR count). The molecule has 0 aliphatic heterocycles. The fourth-order valence-electron chi connectivity index (χ4n) is 2.76. The van der Waals surface area contributed by atoms with Crippen LogP contribution in [0.3, 0.4) is 0 Å². The minimum absolute atomic E-state index is 0.0800. The third-order valence-electron chi connectivity index (χ3n) is 4.14. The minimum Gasteiger partial charge on any atom is -0.326 e. The summed E-state index contributed by atoms with van der Waals surface area (Å²) in [6.07, 6.45) is 4.15. The number of nitrogens with zero attached hydrogens (tertiary/aromatic N) is 2. The van der Waals surface area contributed by atoms with E-state index in [1.807, 2.05) is 46.5 Å². The van der Waals surface area contributed by atoms with Crippen LogP contribution in [0.2, 0.25) is 0 Å². The predicted octanol–water partition coefficient (Wildman–Crippen LogP) is 5.11. The monoisotopic (exact) mass is 397 g/mol. The van der Waals surface area contributed by atoms with E-state index in [4.69, 9.17) is 0 Å². The number of carbonyl (C=O) groups is 1.